The number of nitrogens with zero attached hydrogens (tertiary/aromatic N) is 2. The molecule has 8 heteroatoms. The van der Waals surface area contributed by atoms with Crippen molar-refractivity contribution in [1.29, 1.82) is 0 Å². The zero-order valence-electron chi connectivity index (χ0n) is 12.0. The molecule has 1 aromatic heterocycles. The Kier molecular flexibility index (Phi) is 4.49. The Morgan fingerprint density at radius 3 is 2.62 bits per heavy atom. The van der Waals surface area contributed by atoms with Crippen molar-refractivity contribution in [2.75, 3.05) is 21.3 Å². The Bertz CT molecular complexity index is 698. The maximum atomic E-state index is 12.7. The number of aromatic amines is 1. The van der Waals surface area contributed by atoms with E-state index in [1.54, 1.807) is 18.3 Å². The fraction of sp³-hybridized carbons (Fsp3) is 0.308. The van der Waals surface area contributed by atoms with Crippen LogP contribution in [0.5, 0.6) is 11.5 Å². The minimum absolute atomic E-state index is 0.0614. The van der Waals surface area contributed by atoms with Crippen LogP contribution in [-0.4, -0.2) is 44.0 Å². The number of para-hydroxylation sites is 1. The number of H-pyrrole nitrogens is 1. The van der Waals surface area contributed by atoms with Crippen LogP contribution in [0.4, 0.5) is 0 Å². The summed E-state index contributed by atoms with van der Waals surface area (Å²) >= 11 is 0. The van der Waals surface area contributed by atoms with Crippen LogP contribution in [0.1, 0.15) is 5.69 Å². The normalized spacial score (nSPS) is 11.6. The van der Waals surface area contributed by atoms with E-state index in [0.29, 0.717) is 11.4 Å². The predicted octanol–water partition coefficient (Wildman–Crippen LogP) is 1.25. The van der Waals surface area contributed by atoms with Gasteiger partial charge in [0.25, 0.3) is 0 Å². The van der Waals surface area contributed by atoms with E-state index in [0.717, 1.165) is 0 Å². The summed E-state index contributed by atoms with van der Waals surface area (Å²) in [5.41, 5.74) is 0.697. The zero-order valence-corrected chi connectivity index (χ0v) is 12.8. The van der Waals surface area contributed by atoms with Gasteiger partial charge in [0.1, 0.15) is 4.90 Å². The number of methoxy groups -OCH3 is 2. The second-order valence-corrected chi connectivity index (χ2v) is 6.34. The topological polar surface area (TPSA) is 84.5 Å². The van der Waals surface area contributed by atoms with Crippen LogP contribution < -0.4 is 9.47 Å². The number of aromatic nitrogens is 2. The minimum Gasteiger partial charge on any atom is -0.493 e. The second-order valence-electron chi connectivity index (χ2n) is 4.33. The molecule has 0 radical (unpaired) electrons. The number of rotatable bonds is 6. The number of hydrogen-bond donors (Lipinski definition) is 1. The average molecular weight is 311 g/mol. The fourth-order valence-corrected chi connectivity index (χ4v) is 3.24. The lowest BCUT2D eigenvalue weighted by Crippen LogP contribution is -2.27. The summed E-state index contributed by atoms with van der Waals surface area (Å²) in [6.07, 6.45) is 3.08. The van der Waals surface area contributed by atoms with Crippen LogP contribution in [-0.2, 0) is 16.6 Å². The Labute approximate surface area is 123 Å². The highest BCUT2D eigenvalue weighted by atomic mass is 32.2. The third kappa shape index (κ3) is 3.01. The Hall–Kier alpha value is -2.06. The van der Waals surface area contributed by atoms with Crippen LogP contribution in [0.2, 0.25) is 0 Å². The van der Waals surface area contributed by atoms with Gasteiger partial charge in [-0.1, -0.05) is 6.07 Å². The summed E-state index contributed by atoms with van der Waals surface area (Å²) in [6, 6.07) is 4.74. The molecule has 2 rings (SSSR count). The molecule has 0 saturated carbocycles. The standard InChI is InChI=1S/C13H17N3O4S/c1-16(8-10-7-14-9-15-10)21(17,18)12-6-4-5-11(19-2)13(12)20-3/h4-7,9H,8H2,1-3H3,(H,14,15). The minimum atomic E-state index is -3.71. The van der Waals surface area contributed by atoms with Crippen molar-refractivity contribution in [2.45, 2.75) is 11.4 Å². The van der Waals surface area contributed by atoms with Gasteiger partial charge < -0.3 is 14.5 Å². The van der Waals surface area contributed by atoms with Crippen LogP contribution in [0.25, 0.3) is 0 Å². The molecule has 0 spiro atoms. The number of ether oxygens (including phenoxy) is 2. The van der Waals surface area contributed by atoms with E-state index in [4.69, 9.17) is 9.47 Å². The molecule has 21 heavy (non-hydrogen) atoms. The van der Waals surface area contributed by atoms with E-state index < -0.39 is 10.0 Å². The van der Waals surface area contributed by atoms with Gasteiger partial charge >= 0.3 is 0 Å². The summed E-state index contributed by atoms with van der Waals surface area (Å²) in [5, 5.41) is 0. The lowest BCUT2D eigenvalue weighted by Gasteiger charge is -2.19. The quantitative estimate of drug-likeness (QED) is 0.868. The van der Waals surface area contributed by atoms with Gasteiger partial charge in [0.2, 0.25) is 10.0 Å². The Morgan fingerprint density at radius 2 is 2.05 bits per heavy atom. The summed E-state index contributed by atoms with van der Waals surface area (Å²) in [6.45, 7) is 0.183. The van der Waals surface area contributed by atoms with E-state index in [1.807, 2.05) is 0 Å². The second kappa shape index (κ2) is 6.15. The van der Waals surface area contributed by atoms with Crippen LogP contribution >= 0.6 is 0 Å². The molecule has 0 unspecified atom stereocenters. The largest absolute Gasteiger partial charge is 0.493 e. The molecule has 1 aromatic carbocycles. The Morgan fingerprint density at radius 1 is 1.29 bits per heavy atom. The smallest absolute Gasteiger partial charge is 0.247 e. The van der Waals surface area contributed by atoms with E-state index in [9.17, 15) is 8.42 Å². The molecule has 0 aliphatic heterocycles. The molecular weight excluding hydrogens is 294 g/mol. The molecule has 114 valence electrons. The van der Waals surface area contributed by atoms with Crippen molar-refractivity contribution < 1.29 is 17.9 Å². The van der Waals surface area contributed by atoms with Crippen molar-refractivity contribution >= 4 is 10.0 Å². The first-order chi connectivity index (χ1) is 10.0. The Balaban J connectivity index is 2.39. The third-order valence-electron chi connectivity index (χ3n) is 3.00. The van der Waals surface area contributed by atoms with Crippen LogP contribution in [0.15, 0.2) is 35.6 Å². The average Bonchev–Trinajstić information content (AvgIpc) is 2.99. The fourth-order valence-electron chi connectivity index (χ4n) is 1.92. The molecule has 0 amide bonds. The van der Waals surface area contributed by atoms with Crippen LogP contribution in [0.3, 0.4) is 0 Å². The summed E-state index contributed by atoms with van der Waals surface area (Å²) < 4.78 is 36.9. The van der Waals surface area contributed by atoms with E-state index >= 15 is 0 Å². The molecule has 7 nitrogen and oxygen atoms in total. The van der Waals surface area contributed by atoms with Gasteiger partial charge in [-0.15, -0.1) is 0 Å². The maximum absolute atomic E-state index is 12.7. The lowest BCUT2D eigenvalue weighted by molar-refractivity contribution is 0.345. The summed E-state index contributed by atoms with van der Waals surface area (Å²) in [4.78, 5) is 6.80. The van der Waals surface area contributed by atoms with E-state index in [-0.39, 0.29) is 17.2 Å². The highest BCUT2D eigenvalue weighted by Crippen LogP contribution is 2.35. The molecule has 0 aliphatic carbocycles. The molecule has 0 bridgehead atoms. The van der Waals surface area contributed by atoms with Gasteiger partial charge in [-0.25, -0.2) is 13.4 Å². The van der Waals surface area contributed by atoms with Crippen molar-refractivity contribution in [3.8, 4) is 11.5 Å². The SMILES string of the molecule is COc1cccc(S(=O)(=O)N(C)Cc2cnc[nH]2)c1OC. The van der Waals surface area contributed by atoms with Gasteiger partial charge in [0, 0.05) is 18.9 Å². The highest BCUT2D eigenvalue weighted by molar-refractivity contribution is 7.89. The lowest BCUT2D eigenvalue weighted by atomic mass is 10.3. The van der Waals surface area contributed by atoms with Gasteiger partial charge in [-0.3, -0.25) is 0 Å². The van der Waals surface area contributed by atoms with E-state index in [1.165, 1.54) is 38.0 Å². The molecular formula is C13H17N3O4S. The molecule has 1 heterocycles. The first-order valence-electron chi connectivity index (χ1n) is 6.15. The van der Waals surface area contributed by atoms with Gasteiger partial charge in [0.15, 0.2) is 11.5 Å². The number of nitrogens with one attached hydrogen (secondary N) is 1. The number of benzene rings is 1. The summed E-state index contributed by atoms with van der Waals surface area (Å²) in [5.74, 6) is 0.560. The van der Waals surface area contributed by atoms with Gasteiger partial charge in [0.05, 0.1) is 27.1 Å². The molecule has 0 fully saturated rings. The number of hydrogen-bond acceptors (Lipinski definition) is 5. The predicted molar refractivity (Wildman–Crippen MR) is 76.8 cm³/mol. The zero-order chi connectivity index (χ0) is 15.5. The monoisotopic (exact) mass is 311 g/mol. The number of imidazole rings is 1. The molecule has 0 aliphatic rings. The van der Waals surface area contributed by atoms with Crippen molar-refractivity contribution in [3.05, 3.63) is 36.4 Å². The highest BCUT2D eigenvalue weighted by Gasteiger charge is 2.27. The number of sulfonamides is 1. The van der Waals surface area contributed by atoms with Crippen molar-refractivity contribution in [3.63, 3.8) is 0 Å². The molecule has 1 N–H and O–H groups in total. The van der Waals surface area contributed by atoms with Crippen LogP contribution in [0, 0.1) is 0 Å². The van der Waals surface area contributed by atoms with E-state index in [2.05, 4.69) is 9.97 Å². The van der Waals surface area contributed by atoms with Crippen molar-refractivity contribution in [1.82, 2.24) is 14.3 Å². The first kappa shape index (κ1) is 15.3. The van der Waals surface area contributed by atoms with Gasteiger partial charge in [-0.05, 0) is 12.1 Å². The molecule has 2 aromatic rings. The third-order valence-corrected chi connectivity index (χ3v) is 4.83. The first-order valence-corrected chi connectivity index (χ1v) is 7.59. The van der Waals surface area contributed by atoms with Gasteiger partial charge in [-0.2, -0.15) is 4.31 Å². The van der Waals surface area contributed by atoms with Crippen molar-refractivity contribution in [2.24, 2.45) is 0 Å². The maximum Gasteiger partial charge on any atom is 0.247 e. The summed E-state index contributed by atoms with van der Waals surface area (Å²) in [7, 11) is 0.655. The molecule has 0 saturated heterocycles. The molecule has 0 atom stereocenters.